The van der Waals surface area contributed by atoms with Gasteiger partial charge in [0.05, 0.1) is 0 Å². The second kappa shape index (κ2) is 5.72. The molecule has 1 aliphatic heterocycles. The molecule has 0 radical (unpaired) electrons. The van der Waals surface area contributed by atoms with E-state index in [4.69, 9.17) is 0 Å². The summed E-state index contributed by atoms with van der Waals surface area (Å²) >= 11 is 0. The molecule has 0 fully saturated rings. The lowest BCUT2D eigenvalue weighted by Crippen LogP contribution is -2.15. The van der Waals surface area contributed by atoms with Crippen molar-refractivity contribution in [3.05, 3.63) is 66.0 Å². The maximum atomic E-state index is 4.05. The summed E-state index contributed by atoms with van der Waals surface area (Å²) in [4.78, 5) is 2.29. The lowest BCUT2D eigenvalue weighted by Gasteiger charge is -2.21. The molecule has 18 heavy (non-hydrogen) atoms. The Labute approximate surface area is 110 Å². The van der Waals surface area contributed by atoms with Gasteiger partial charge < -0.3 is 4.90 Å². The Kier molecular flexibility index (Phi) is 4.03. The number of benzene rings is 1. The molecule has 0 spiro atoms. The lowest BCUT2D eigenvalue weighted by molar-refractivity contribution is 0.482. The fourth-order valence-electron chi connectivity index (χ4n) is 2.35. The molecule has 2 rings (SSSR count). The highest BCUT2D eigenvalue weighted by atomic mass is 15.1. The van der Waals surface area contributed by atoms with Crippen molar-refractivity contribution in [3.63, 3.8) is 0 Å². The van der Waals surface area contributed by atoms with Crippen LogP contribution in [-0.2, 0) is 0 Å². The van der Waals surface area contributed by atoms with E-state index in [0.717, 1.165) is 25.1 Å². The molecule has 1 aromatic rings. The molecule has 1 aromatic carbocycles. The minimum Gasteiger partial charge on any atom is -0.346 e. The minimum absolute atomic E-state index is 1.05. The maximum absolute atomic E-state index is 4.05. The van der Waals surface area contributed by atoms with Crippen molar-refractivity contribution in [3.8, 4) is 0 Å². The van der Waals surface area contributed by atoms with Gasteiger partial charge in [-0.1, -0.05) is 49.9 Å². The predicted molar refractivity (Wildman–Crippen MR) is 78.9 cm³/mol. The first kappa shape index (κ1) is 12.7. The van der Waals surface area contributed by atoms with E-state index in [-0.39, 0.29) is 0 Å². The smallest absolute Gasteiger partial charge is 0.0371 e. The average molecular weight is 239 g/mol. The monoisotopic (exact) mass is 239 g/mol. The molecule has 94 valence electrons. The minimum atomic E-state index is 1.05. The van der Waals surface area contributed by atoms with Gasteiger partial charge in [-0.05, 0) is 37.0 Å². The summed E-state index contributed by atoms with van der Waals surface area (Å²) in [5, 5.41) is 0. The zero-order valence-electron chi connectivity index (χ0n) is 11.3. The van der Waals surface area contributed by atoms with Gasteiger partial charge in [-0.3, -0.25) is 0 Å². The van der Waals surface area contributed by atoms with Crippen molar-refractivity contribution in [1.29, 1.82) is 0 Å². The summed E-state index contributed by atoms with van der Waals surface area (Å²) in [5.74, 6) is 0. The van der Waals surface area contributed by atoms with Crippen molar-refractivity contribution in [2.45, 2.75) is 26.7 Å². The van der Waals surface area contributed by atoms with Crippen LogP contribution in [0.5, 0.6) is 0 Å². The normalized spacial score (nSPS) is 15.8. The van der Waals surface area contributed by atoms with Crippen molar-refractivity contribution in [2.75, 3.05) is 6.54 Å². The van der Waals surface area contributed by atoms with Crippen LogP contribution in [0.25, 0.3) is 5.57 Å². The molecule has 1 heteroatoms. The second-order valence-corrected chi connectivity index (χ2v) is 4.69. The van der Waals surface area contributed by atoms with Gasteiger partial charge >= 0.3 is 0 Å². The Morgan fingerprint density at radius 2 is 2.06 bits per heavy atom. The van der Waals surface area contributed by atoms with E-state index in [1.54, 1.807) is 0 Å². The summed E-state index contributed by atoms with van der Waals surface area (Å²) in [6.07, 6.45) is 6.76. The van der Waals surface area contributed by atoms with Crippen LogP contribution < -0.4 is 0 Å². The number of nitrogens with zero attached hydrogens (tertiary/aromatic N) is 1. The first-order chi connectivity index (χ1) is 8.72. The highest BCUT2D eigenvalue weighted by molar-refractivity contribution is 5.68. The first-order valence-electron chi connectivity index (χ1n) is 6.61. The van der Waals surface area contributed by atoms with Crippen molar-refractivity contribution in [2.24, 2.45) is 0 Å². The molecule has 1 heterocycles. The van der Waals surface area contributed by atoms with Crippen LogP contribution in [0, 0.1) is 0 Å². The Bertz CT molecular complexity index is 480. The molecule has 0 atom stereocenters. The number of hydrogen-bond donors (Lipinski definition) is 0. The Balaban J connectivity index is 2.28. The van der Waals surface area contributed by atoms with E-state index in [2.05, 4.69) is 67.8 Å². The first-order valence-corrected chi connectivity index (χ1v) is 6.61. The molecular weight excluding hydrogens is 218 g/mol. The summed E-state index contributed by atoms with van der Waals surface area (Å²) < 4.78 is 0. The van der Waals surface area contributed by atoms with Crippen molar-refractivity contribution >= 4 is 5.57 Å². The molecule has 0 saturated heterocycles. The van der Waals surface area contributed by atoms with E-state index in [1.807, 2.05) is 0 Å². The Morgan fingerprint density at radius 1 is 1.33 bits per heavy atom. The molecule has 0 aliphatic carbocycles. The van der Waals surface area contributed by atoms with Crippen LogP contribution >= 0.6 is 0 Å². The maximum Gasteiger partial charge on any atom is 0.0371 e. The summed E-state index contributed by atoms with van der Waals surface area (Å²) in [6.45, 7) is 9.39. The number of rotatable bonds is 4. The third kappa shape index (κ3) is 2.73. The lowest BCUT2D eigenvalue weighted by atomic mass is 10.0. The quantitative estimate of drug-likeness (QED) is 0.742. The van der Waals surface area contributed by atoms with Crippen LogP contribution in [0.3, 0.4) is 0 Å². The Hall–Kier alpha value is -1.76. The average Bonchev–Trinajstić information content (AvgIpc) is 2.85. The van der Waals surface area contributed by atoms with Crippen LogP contribution in [0.4, 0.5) is 0 Å². The van der Waals surface area contributed by atoms with Gasteiger partial charge in [0.15, 0.2) is 0 Å². The van der Waals surface area contributed by atoms with E-state index in [0.29, 0.717) is 0 Å². The predicted octanol–water partition coefficient (Wildman–Crippen LogP) is 4.60. The highest BCUT2D eigenvalue weighted by Crippen LogP contribution is 2.26. The summed E-state index contributed by atoms with van der Waals surface area (Å²) in [5.41, 5.74) is 5.12. The van der Waals surface area contributed by atoms with Crippen LogP contribution in [0.2, 0.25) is 0 Å². The molecule has 0 unspecified atom stereocenters. The van der Waals surface area contributed by atoms with E-state index in [9.17, 15) is 0 Å². The van der Waals surface area contributed by atoms with Gasteiger partial charge in [-0.25, -0.2) is 0 Å². The topological polar surface area (TPSA) is 3.24 Å². The van der Waals surface area contributed by atoms with Gasteiger partial charge in [0, 0.05) is 17.9 Å². The zero-order valence-corrected chi connectivity index (χ0v) is 11.3. The van der Waals surface area contributed by atoms with Gasteiger partial charge in [-0.15, -0.1) is 0 Å². The molecular formula is C17H21N. The third-order valence-corrected chi connectivity index (χ3v) is 3.33. The molecule has 0 N–H and O–H groups in total. The molecule has 0 amide bonds. The largest absolute Gasteiger partial charge is 0.346 e. The molecule has 0 bridgehead atoms. The van der Waals surface area contributed by atoms with Crippen LogP contribution in [0.15, 0.2) is 60.5 Å². The Morgan fingerprint density at radius 3 is 2.67 bits per heavy atom. The fourth-order valence-corrected chi connectivity index (χ4v) is 2.35. The van der Waals surface area contributed by atoms with Gasteiger partial charge in [0.1, 0.15) is 0 Å². The van der Waals surface area contributed by atoms with Gasteiger partial charge in [-0.2, -0.15) is 0 Å². The van der Waals surface area contributed by atoms with Gasteiger partial charge in [0.25, 0.3) is 0 Å². The number of hydrogen-bond acceptors (Lipinski definition) is 1. The van der Waals surface area contributed by atoms with E-state index >= 15 is 0 Å². The van der Waals surface area contributed by atoms with Gasteiger partial charge in [0.2, 0.25) is 0 Å². The van der Waals surface area contributed by atoms with Crippen molar-refractivity contribution in [1.82, 2.24) is 4.90 Å². The van der Waals surface area contributed by atoms with Crippen LogP contribution in [0.1, 0.15) is 32.3 Å². The van der Waals surface area contributed by atoms with E-state index < -0.39 is 0 Å². The molecule has 0 aromatic heterocycles. The SMILES string of the molecule is C=C(C)N1CCC=C1/C=C(\CC)c1ccccc1. The fraction of sp³-hybridized carbons (Fsp3) is 0.294. The zero-order chi connectivity index (χ0) is 13.0. The highest BCUT2D eigenvalue weighted by Gasteiger charge is 2.14. The number of allylic oxidation sites excluding steroid dienone is 3. The van der Waals surface area contributed by atoms with Crippen LogP contribution in [-0.4, -0.2) is 11.4 Å². The third-order valence-electron chi connectivity index (χ3n) is 3.33. The molecule has 1 aliphatic rings. The molecule has 1 nitrogen and oxygen atoms in total. The standard InChI is InChI=1S/C17H21N/c1-4-15(16-9-6-5-7-10-16)13-17-11-8-12-18(17)14(2)3/h5-7,9-11,13H,2,4,8,12H2,1,3H3/b15-13+. The van der Waals surface area contributed by atoms with E-state index in [1.165, 1.54) is 16.8 Å². The second-order valence-electron chi connectivity index (χ2n) is 4.69. The molecule has 0 saturated carbocycles. The summed E-state index contributed by atoms with van der Waals surface area (Å²) in [7, 11) is 0. The summed E-state index contributed by atoms with van der Waals surface area (Å²) in [6, 6.07) is 10.6. The van der Waals surface area contributed by atoms with Crippen molar-refractivity contribution < 1.29 is 0 Å².